The van der Waals surface area contributed by atoms with Crippen LogP contribution in [0.15, 0.2) is 35.5 Å². The van der Waals surface area contributed by atoms with Crippen molar-refractivity contribution in [3.05, 3.63) is 50.3 Å². The fourth-order valence-corrected chi connectivity index (χ4v) is 6.30. The molecule has 2 aromatic rings. The summed E-state index contributed by atoms with van der Waals surface area (Å²) in [6, 6.07) is 4.27. The van der Waals surface area contributed by atoms with E-state index in [4.69, 9.17) is 5.73 Å². The number of ketones is 1. The smallest absolute Gasteiger partial charge is 0.246 e. The van der Waals surface area contributed by atoms with E-state index in [0.717, 1.165) is 25.3 Å². The zero-order valence-electron chi connectivity index (χ0n) is 21.0. The molecule has 1 aromatic heterocycles. The molecule has 0 spiro atoms. The number of carbonyl (C=O) groups excluding carboxylic acids is 3. The second-order valence-corrected chi connectivity index (χ2v) is 11.5. The average molecular weight is 627 g/mol. The topological polar surface area (TPSA) is 105 Å². The lowest BCUT2D eigenvalue weighted by Crippen LogP contribution is -2.52. The maximum atomic E-state index is 14.9. The summed E-state index contributed by atoms with van der Waals surface area (Å²) in [5.41, 5.74) is 10.6. The van der Waals surface area contributed by atoms with Gasteiger partial charge in [0.1, 0.15) is 18.1 Å². The van der Waals surface area contributed by atoms with Gasteiger partial charge in [-0.3, -0.25) is 14.4 Å². The van der Waals surface area contributed by atoms with Crippen molar-refractivity contribution in [3.63, 3.8) is 0 Å². The lowest BCUT2D eigenvalue weighted by atomic mass is 9.89. The van der Waals surface area contributed by atoms with Gasteiger partial charge < -0.3 is 16.0 Å². The summed E-state index contributed by atoms with van der Waals surface area (Å²) in [5.74, 6) is -2.90. The molecule has 7 nitrogen and oxygen atoms in total. The quantitative estimate of drug-likeness (QED) is 0.254. The van der Waals surface area contributed by atoms with Crippen LogP contribution in [0.2, 0.25) is 0 Å². The molecule has 2 unspecified atom stereocenters. The molecule has 3 rings (SSSR count). The molecule has 1 saturated heterocycles. The van der Waals surface area contributed by atoms with Gasteiger partial charge in [0.2, 0.25) is 11.8 Å². The van der Waals surface area contributed by atoms with Crippen LogP contribution in [0.25, 0.3) is 10.4 Å². The lowest BCUT2D eigenvalue weighted by Gasteiger charge is -2.30. The monoisotopic (exact) mass is 626 g/mol. The number of carbonyl (C=O) groups is 3. The standard InChI is InChI=1S/C26H32FIN4O3S/c1-13(2)22(21(33)10-14(3)29)26(35)32-9-8-19(27)23(32)25(34)31-15(4)18-7-6-17(11-20(18)28)24-16(5)30-12-36-24/h6-7,10-13,15,19,22-23H,8-9,29H2,1-5H3,(H,31,34)/t15?,19-,22+,23?/m0/s1. The largest absolute Gasteiger partial charge is 0.402 e. The number of allylic oxidation sites excluding steroid dienone is 2. The number of halogens is 2. The van der Waals surface area contributed by atoms with Gasteiger partial charge in [-0.2, -0.15) is 0 Å². The maximum absolute atomic E-state index is 14.9. The van der Waals surface area contributed by atoms with E-state index in [0.29, 0.717) is 0 Å². The van der Waals surface area contributed by atoms with Gasteiger partial charge >= 0.3 is 0 Å². The van der Waals surface area contributed by atoms with Gasteiger partial charge in [0.05, 0.1) is 22.1 Å². The molecule has 1 aliphatic rings. The number of rotatable bonds is 8. The molecular weight excluding hydrogens is 594 g/mol. The van der Waals surface area contributed by atoms with Gasteiger partial charge in [0.15, 0.2) is 5.78 Å². The Morgan fingerprint density at radius 1 is 1.31 bits per heavy atom. The summed E-state index contributed by atoms with van der Waals surface area (Å²) < 4.78 is 15.9. The third-order valence-electron chi connectivity index (χ3n) is 6.32. The number of nitrogens with one attached hydrogen (secondary N) is 1. The van der Waals surface area contributed by atoms with E-state index >= 15 is 0 Å². The van der Waals surface area contributed by atoms with Gasteiger partial charge in [-0.25, -0.2) is 9.37 Å². The fourth-order valence-electron chi connectivity index (χ4n) is 4.51. The van der Waals surface area contributed by atoms with E-state index < -0.39 is 41.8 Å². The molecular formula is C26H32FIN4O3S. The lowest BCUT2D eigenvalue weighted by molar-refractivity contribution is -0.147. The number of aromatic nitrogens is 1. The second-order valence-electron chi connectivity index (χ2n) is 9.53. The Morgan fingerprint density at radius 3 is 2.56 bits per heavy atom. The number of thiazole rings is 1. The second kappa shape index (κ2) is 11.8. The van der Waals surface area contributed by atoms with Crippen molar-refractivity contribution in [1.29, 1.82) is 0 Å². The number of alkyl halides is 1. The first-order valence-corrected chi connectivity index (χ1v) is 13.8. The molecule has 3 N–H and O–H groups in total. The van der Waals surface area contributed by atoms with E-state index in [9.17, 15) is 18.8 Å². The van der Waals surface area contributed by atoms with Crippen LogP contribution in [0.5, 0.6) is 0 Å². The highest BCUT2D eigenvalue weighted by molar-refractivity contribution is 14.1. The normalized spacial score (nSPS) is 19.9. The van der Waals surface area contributed by atoms with E-state index in [1.165, 1.54) is 11.0 Å². The first kappa shape index (κ1) is 28.2. The van der Waals surface area contributed by atoms with Crippen LogP contribution < -0.4 is 11.1 Å². The highest BCUT2D eigenvalue weighted by atomic mass is 127. The highest BCUT2D eigenvalue weighted by Crippen LogP contribution is 2.32. The molecule has 1 aliphatic heterocycles. The Hall–Kier alpha value is -2.34. The minimum absolute atomic E-state index is 0.0450. The van der Waals surface area contributed by atoms with Crippen molar-refractivity contribution in [3.8, 4) is 10.4 Å². The predicted octanol–water partition coefficient (Wildman–Crippen LogP) is 4.54. The summed E-state index contributed by atoms with van der Waals surface area (Å²) in [6.07, 6.45) is -0.238. The van der Waals surface area contributed by atoms with Crippen molar-refractivity contribution < 1.29 is 18.8 Å². The molecule has 36 heavy (non-hydrogen) atoms. The maximum Gasteiger partial charge on any atom is 0.246 e. The van der Waals surface area contributed by atoms with Crippen LogP contribution >= 0.6 is 33.9 Å². The van der Waals surface area contributed by atoms with E-state index in [1.807, 2.05) is 32.0 Å². The zero-order chi connectivity index (χ0) is 26.7. The molecule has 2 amide bonds. The average Bonchev–Trinajstić information content (AvgIpc) is 3.38. The van der Waals surface area contributed by atoms with Crippen molar-refractivity contribution in [2.24, 2.45) is 17.6 Å². The number of aryl methyl sites for hydroxylation is 1. The predicted molar refractivity (Wildman–Crippen MR) is 148 cm³/mol. The van der Waals surface area contributed by atoms with E-state index in [1.54, 1.807) is 37.6 Å². The summed E-state index contributed by atoms with van der Waals surface area (Å²) in [6.45, 7) is 8.93. The number of nitrogens with zero attached hydrogens (tertiary/aromatic N) is 2. The summed E-state index contributed by atoms with van der Waals surface area (Å²) in [5, 5.41) is 2.89. The van der Waals surface area contributed by atoms with Crippen LogP contribution in [0, 0.1) is 22.3 Å². The van der Waals surface area contributed by atoms with Crippen LogP contribution in [0.1, 0.15) is 51.4 Å². The van der Waals surface area contributed by atoms with Crippen molar-refractivity contribution >= 4 is 51.5 Å². The Bertz CT molecular complexity index is 1180. The van der Waals surface area contributed by atoms with Gasteiger partial charge in [0.25, 0.3) is 0 Å². The third kappa shape index (κ3) is 6.13. The highest BCUT2D eigenvalue weighted by Gasteiger charge is 2.46. The Balaban J connectivity index is 1.78. The van der Waals surface area contributed by atoms with E-state index in [-0.39, 0.29) is 24.6 Å². The first-order chi connectivity index (χ1) is 16.9. The molecule has 0 saturated carbocycles. The van der Waals surface area contributed by atoms with Gasteiger partial charge in [-0.05, 0) is 72.9 Å². The molecule has 0 bridgehead atoms. The first-order valence-electron chi connectivity index (χ1n) is 11.8. The Labute approximate surface area is 228 Å². The summed E-state index contributed by atoms with van der Waals surface area (Å²) in [4.78, 5) is 45.9. The minimum Gasteiger partial charge on any atom is -0.402 e. The summed E-state index contributed by atoms with van der Waals surface area (Å²) in [7, 11) is 0. The molecule has 0 radical (unpaired) electrons. The minimum atomic E-state index is -1.51. The van der Waals surface area contributed by atoms with E-state index in [2.05, 4.69) is 32.9 Å². The number of nitrogens with two attached hydrogens (primary N) is 1. The molecule has 194 valence electrons. The van der Waals surface area contributed by atoms with Gasteiger partial charge in [-0.1, -0.05) is 26.0 Å². The third-order valence-corrected chi connectivity index (χ3v) is 8.23. The molecule has 10 heteroatoms. The summed E-state index contributed by atoms with van der Waals surface area (Å²) >= 11 is 3.79. The number of amides is 2. The zero-order valence-corrected chi connectivity index (χ0v) is 24.0. The van der Waals surface area contributed by atoms with Crippen LogP contribution in [-0.2, 0) is 14.4 Å². The number of hydrogen-bond acceptors (Lipinski definition) is 6. The SMILES string of the molecule is CC(N)=CC(=O)[C@H](C(=O)N1CC[C@H](F)C1C(=O)NC(C)c1ccc(-c2scnc2C)cc1I)C(C)C. The molecule has 1 aromatic carbocycles. The molecule has 4 atom stereocenters. The fraction of sp³-hybridized carbons (Fsp3) is 0.462. The van der Waals surface area contributed by atoms with Crippen molar-refractivity contribution in [2.75, 3.05) is 6.54 Å². The Kier molecular flexibility index (Phi) is 9.26. The molecule has 1 fully saturated rings. The molecule has 2 heterocycles. The molecule has 0 aliphatic carbocycles. The van der Waals surface area contributed by atoms with Crippen LogP contribution in [0.3, 0.4) is 0 Å². The van der Waals surface area contributed by atoms with Gasteiger partial charge in [0, 0.05) is 21.9 Å². The van der Waals surface area contributed by atoms with Crippen molar-refractivity contribution in [2.45, 2.75) is 59.3 Å². The van der Waals surface area contributed by atoms with Crippen molar-refractivity contribution in [1.82, 2.24) is 15.2 Å². The number of likely N-dealkylation sites (tertiary alicyclic amines) is 1. The number of benzene rings is 1. The van der Waals surface area contributed by atoms with Crippen LogP contribution in [0.4, 0.5) is 4.39 Å². The number of hydrogen-bond donors (Lipinski definition) is 2. The Morgan fingerprint density at radius 2 is 2.00 bits per heavy atom. The van der Waals surface area contributed by atoms with Crippen LogP contribution in [-0.4, -0.2) is 46.2 Å². The van der Waals surface area contributed by atoms with Gasteiger partial charge in [-0.15, -0.1) is 11.3 Å².